The van der Waals surface area contributed by atoms with E-state index in [-0.39, 0.29) is 11.8 Å². The molecule has 0 saturated carbocycles. The molecule has 1 aliphatic heterocycles. The molecule has 1 atom stereocenters. The van der Waals surface area contributed by atoms with E-state index >= 15 is 0 Å². The van der Waals surface area contributed by atoms with Crippen LogP contribution in [0, 0.1) is 0 Å². The fraction of sp³-hybridized carbons (Fsp3) is 0.240. The van der Waals surface area contributed by atoms with Crippen LogP contribution in [-0.2, 0) is 6.42 Å². The second-order valence-corrected chi connectivity index (χ2v) is 8.16. The first kappa shape index (κ1) is 20.8. The number of carbonyl (C=O) groups is 1. The summed E-state index contributed by atoms with van der Waals surface area (Å²) in [6.45, 7) is 3.72. The molecule has 4 heterocycles. The molecule has 1 aliphatic rings. The number of fused-ring (bicyclic) bond motifs is 2. The molecular weight excluding hydrogens is 414 g/mol. The Kier molecular flexibility index (Phi) is 5.56. The number of amides is 1. The number of carbonyl (C=O) groups excluding carboxylic acids is 1. The molecule has 0 spiro atoms. The van der Waals surface area contributed by atoms with E-state index in [1.165, 1.54) is 5.56 Å². The molecule has 5 rings (SSSR count). The van der Waals surface area contributed by atoms with Crippen molar-refractivity contribution in [2.45, 2.75) is 19.3 Å². The van der Waals surface area contributed by atoms with Crippen molar-refractivity contribution in [1.82, 2.24) is 25.3 Å². The molecule has 4 aromatic rings. The third-order valence-corrected chi connectivity index (χ3v) is 6.01. The number of hydrogen-bond donors (Lipinski definition) is 3. The van der Waals surface area contributed by atoms with E-state index in [4.69, 9.17) is 0 Å². The largest absolute Gasteiger partial charge is 0.370 e. The number of anilines is 2. The Balaban J connectivity index is 1.36. The molecule has 0 fully saturated rings. The fourth-order valence-electron chi connectivity index (χ4n) is 4.22. The quantitative estimate of drug-likeness (QED) is 0.421. The minimum absolute atomic E-state index is 0.115. The highest BCUT2D eigenvalue weighted by molar-refractivity contribution is 6.06. The van der Waals surface area contributed by atoms with Gasteiger partial charge in [0, 0.05) is 55.5 Å². The molecule has 8 nitrogen and oxygen atoms in total. The summed E-state index contributed by atoms with van der Waals surface area (Å²) in [5.74, 6) is 1.75. The van der Waals surface area contributed by atoms with Crippen LogP contribution >= 0.6 is 0 Å². The number of nitrogens with one attached hydrogen (secondary N) is 3. The lowest BCUT2D eigenvalue weighted by Crippen LogP contribution is -2.18. The number of rotatable bonds is 6. The Morgan fingerprint density at radius 3 is 2.94 bits per heavy atom. The van der Waals surface area contributed by atoms with Gasteiger partial charge in [-0.3, -0.25) is 9.78 Å². The van der Waals surface area contributed by atoms with Gasteiger partial charge < -0.3 is 16.0 Å². The van der Waals surface area contributed by atoms with E-state index < -0.39 is 0 Å². The van der Waals surface area contributed by atoms with Crippen LogP contribution in [0.2, 0.25) is 0 Å². The molecule has 1 aromatic carbocycles. The number of pyridine rings is 2. The van der Waals surface area contributed by atoms with Crippen LogP contribution in [0.5, 0.6) is 0 Å². The maximum absolute atomic E-state index is 12.3. The van der Waals surface area contributed by atoms with Gasteiger partial charge in [-0.1, -0.05) is 25.1 Å². The third-order valence-electron chi connectivity index (χ3n) is 6.01. The average molecular weight is 440 g/mol. The summed E-state index contributed by atoms with van der Waals surface area (Å²) in [4.78, 5) is 30.2. The van der Waals surface area contributed by atoms with Gasteiger partial charge in [0.25, 0.3) is 5.91 Å². The lowest BCUT2D eigenvalue weighted by atomic mass is 9.96. The second kappa shape index (κ2) is 8.82. The number of nitrogens with zero attached hydrogens (tertiary/aromatic N) is 4. The van der Waals surface area contributed by atoms with E-state index in [9.17, 15) is 4.79 Å². The van der Waals surface area contributed by atoms with Gasteiger partial charge in [0.05, 0.1) is 16.8 Å². The van der Waals surface area contributed by atoms with Crippen molar-refractivity contribution in [2.24, 2.45) is 0 Å². The normalized spacial score (nSPS) is 13.3. The molecule has 0 aliphatic carbocycles. The van der Waals surface area contributed by atoms with Crippen molar-refractivity contribution < 1.29 is 4.79 Å². The standard InChI is InChI=1S/C25H25N7O/c1-15(18-4-3-5-19-20(25(33)26-2)7-9-27-23(18)19)12-29-22-11-21(31-14-32-22)17-10-16-6-8-28-24(16)30-13-17/h3-5,7,9-11,13-15H,6,8,12H2,1-2H3,(H,26,33)(H,28,30)(H,29,31,32)/t15-/m1/s1. The highest BCUT2D eigenvalue weighted by atomic mass is 16.1. The van der Waals surface area contributed by atoms with Gasteiger partial charge in [-0.2, -0.15) is 0 Å². The predicted molar refractivity (Wildman–Crippen MR) is 129 cm³/mol. The Bertz CT molecular complexity index is 1340. The van der Waals surface area contributed by atoms with Gasteiger partial charge >= 0.3 is 0 Å². The van der Waals surface area contributed by atoms with E-state index in [0.29, 0.717) is 12.1 Å². The van der Waals surface area contributed by atoms with E-state index in [0.717, 1.165) is 52.3 Å². The van der Waals surface area contributed by atoms with Gasteiger partial charge in [-0.15, -0.1) is 0 Å². The van der Waals surface area contributed by atoms with Gasteiger partial charge in [0.1, 0.15) is 18.0 Å². The van der Waals surface area contributed by atoms with Crippen LogP contribution in [0.15, 0.2) is 55.1 Å². The molecule has 0 bridgehead atoms. The number of para-hydroxylation sites is 1. The first-order valence-electron chi connectivity index (χ1n) is 11.0. The monoisotopic (exact) mass is 439 g/mol. The van der Waals surface area contributed by atoms with Crippen molar-refractivity contribution >= 4 is 28.4 Å². The zero-order valence-electron chi connectivity index (χ0n) is 18.6. The van der Waals surface area contributed by atoms with Crippen LogP contribution in [0.3, 0.4) is 0 Å². The van der Waals surface area contributed by atoms with E-state index in [1.54, 1.807) is 25.6 Å². The number of aromatic nitrogens is 4. The summed E-state index contributed by atoms with van der Waals surface area (Å²) in [5, 5.41) is 10.3. The fourth-order valence-corrected chi connectivity index (χ4v) is 4.22. The van der Waals surface area contributed by atoms with Crippen molar-refractivity contribution in [3.63, 3.8) is 0 Å². The van der Waals surface area contributed by atoms with Crippen LogP contribution in [0.1, 0.15) is 34.3 Å². The Hall–Kier alpha value is -4.07. The summed E-state index contributed by atoms with van der Waals surface area (Å²) < 4.78 is 0. The molecular formula is C25H25N7O. The van der Waals surface area contributed by atoms with Crippen molar-refractivity contribution in [3.05, 3.63) is 71.8 Å². The highest BCUT2D eigenvalue weighted by Crippen LogP contribution is 2.28. The summed E-state index contributed by atoms with van der Waals surface area (Å²) in [6.07, 6.45) is 6.08. The highest BCUT2D eigenvalue weighted by Gasteiger charge is 2.16. The minimum atomic E-state index is -0.115. The Morgan fingerprint density at radius 2 is 2.06 bits per heavy atom. The summed E-state index contributed by atoms with van der Waals surface area (Å²) in [7, 11) is 1.64. The molecule has 0 saturated heterocycles. The molecule has 0 radical (unpaired) electrons. The summed E-state index contributed by atoms with van der Waals surface area (Å²) >= 11 is 0. The molecule has 33 heavy (non-hydrogen) atoms. The third kappa shape index (κ3) is 4.07. The van der Waals surface area contributed by atoms with Crippen molar-refractivity contribution in [3.8, 4) is 11.3 Å². The first-order chi connectivity index (χ1) is 16.1. The van der Waals surface area contributed by atoms with Crippen LogP contribution in [0.4, 0.5) is 11.6 Å². The van der Waals surface area contributed by atoms with Crippen molar-refractivity contribution in [1.29, 1.82) is 0 Å². The topological polar surface area (TPSA) is 105 Å². The number of benzene rings is 1. The second-order valence-electron chi connectivity index (χ2n) is 8.16. The van der Waals surface area contributed by atoms with Gasteiger partial charge in [-0.05, 0) is 29.7 Å². The Labute approximate surface area is 191 Å². The molecule has 0 unspecified atom stereocenters. The molecule has 8 heteroatoms. The molecule has 3 N–H and O–H groups in total. The maximum Gasteiger partial charge on any atom is 0.251 e. The zero-order chi connectivity index (χ0) is 22.8. The van der Waals surface area contributed by atoms with E-state index in [2.05, 4.69) is 54.9 Å². The smallest absolute Gasteiger partial charge is 0.251 e. The number of hydrogen-bond acceptors (Lipinski definition) is 7. The molecule has 166 valence electrons. The minimum Gasteiger partial charge on any atom is -0.370 e. The SMILES string of the molecule is CNC(=O)c1ccnc2c([C@H](C)CNc3cc(-c4cnc5c(c4)CCN5)ncn3)cccc12. The lowest BCUT2D eigenvalue weighted by molar-refractivity contribution is 0.0964. The molecule has 1 amide bonds. The zero-order valence-corrected chi connectivity index (χ0v) is 18.6. The van der Waals surface area contributed by atoms with Crippen LogP contribution < -0.4 is 16.0 Å². The van der Waals surface area contributed by atoms with Gasteiger partial charge in [0.15, 0.2) is 0 Å². The predicted octanol–water partition coefficient (Wildman–Crippen LogP) is 3.63. The van der Waals surface area contributed by atoms with E-state index in [1.807, 2.05) is 24.4 Å². The van der Waals surface area contributed by atoms with Gasteiger partial charge in [0.2, 0.25) is 0 Å². The van der Waals surface area contributed by atoms with Crippen LogP contribution in [0.25, 0.3) is 22.2 Å². The first-order valence-corrected chi connectivity index (χ1v) is 11.0. The van der Waals surface area contributed by atoms with Crippen LogP contribution in [-0.4, -0.2) is 46.0 Å². The molecule has 3 aromatic heterocycles. The lowest BCUT2D eigenvalue weighted by Gasteiger charge is -2.16. The van der Waals surface area contributed by atoms with Crippen molar-refractivity contribution in [2.75, 3.05) is 30.8 Å². The summed E-state index contributed by atoms with van der Waals surface area (Å²) in [5.41, 5.74) is 5.58. The summed E-state index contributed by atoms with van der Waals surface area (Å²) in [6, 6.07) is 11.8. The Morgan fingerprint density at radius 1 is 1.15 bits per heavy atom. The average Bonchev–Trinajstić information content (AvgIpc) is 3.34. The van der Waals surface area contributed by atoms with Gasteiger partial charge in [-0.25, -0.2) is 15.0 Å². The maximum atomic E-state index is 12.3.